The maximum absolute atomic E-state index is 12.7. The smallest absolute Gasteiger partial charge is 0.271 e. The number of amides is 2. The van der Waals surface area contributed by atoms with Crippen LogP contribution in [0.1, 0.15) is 51.0 Å². The lowest BCUT2D eigenvalue weighted by molar-refractivity contribution is 0.0928. The van der Waals surface area contributed by atoms with Gasteiger partial charge in [0.25, 0.3) is 17.4 Å². The van der Waals surface area contributed by atoms with Crippen molar-refractivity contribution in [3.8, 4) is 10.6 Å². The number of thiazole rings is 1. The summed E-state index contributed by atoms with van der Waals surface area (Å²) in [5.74, 6) is -1.07. The molecule has 0 saturated carbocycles. The van der Waals surface area contributed by atoms with Crippen LogP contribution < -0.4 is 16.6 Å². The number of aryl methyl sites for hydroxylation is 1. The average Bonchev–Trinajstić information content (AvgIpc) is 3.18. The van der Waals surface area contributed by atoms with Crippen LogP contribution in [0.2, 0.25) is 0 Å². The maximum Gasteiger partial charge on any atom is 0.271 e. The molecule has 1 aliphatic carbocycles. The highest BCUT2D eigenvalue weighted by atomic mass is 32.1. The molecule has 1 unspecified atom stereocenters. The van der Waals surface area contributed by atoms with Gasteiger partial charge < -0.3 is 16.0 Å². The quantitative estimate of drug-likeness (QED) is 0.630. The Labute approximate surface area is 164 Å². The molecule has 142 valence electrons. The topological polar surface area (TPSA) is 118 Å². The number of rotatable bonds is 4. The molecule has 7 nitrogen and oxygen atoms in total. The van der Waals surface area contributed by atoms with Gasteiger partial charge in [-0.3, -0.25) is 14.4 Å². The number of hydrogen-bond acceptors (Lipinski definition) is 5. The van der Waals surface area contributed by atoms with Crippen LogP contribution in [0.25, 0.3) is 10.6 Å². The molecule has 2 amide bonds. The third kappa shape index (κ3) is 3.46. The third-order valence-electron chi connectivity index (χ3n) is 4.78. The van der Waals surface area contributed by atoms with Crippen molar-refractivity contribution in [1.82, 2.24) is 15.3 Å². The molecule has 0 spiro atoms. The molecule has 28 heavy (non-hydrogen) atoms. The minimum absolute atomic E-state index is 0.0973. The molecule has 2 heterocycles. The van der Waals surface area contributed by atoms with Gasteiger partial charge in [-0.15, -0.1) is 11.3 Å². The van der Waals surface area contributed by atoms with Gasteiger partial charge in [0.05, 0.1) is 6.04 Å². The van der Waals surface area contributed by atoms with Crippen LogP contribution in [0, 0.1) is 0 Å². The van der Waals surface area contributed by atoms with Crippen molar-refractivity contribution in [2.24, 2.45) is 5.73 Å². The minimum Gasteiger partial charge on any atom is -0.365 e. The summed E-state index contributed by atoms with van der Waals surface area (Å²) in [6.45, 7) is 0. The number of fused-ring (bicyclic) bond motifs is 1. The Kier molecular flexibility index (Phi) is 4.79. The van der Waals surface area contributed by atoms with Crippen molar-refractivity contribution < 1.29 is 9.59 Å². The fourth-order valence-corrected chi connectivity index (χ4v) is 4.20. The van der Waals surface area contributed by atoms with Crippen LogP contribution in [-0.4, -0.2) is 21.8 Å². The number of nitrogens with two attached hydrogens (primary N) is 1. The number of pyridine rings is 1. The first-order valence-corrected chi connectivity index (χ1v) is 9.78. The lowest BCUT2D eigenvalue weighted by atomic mass is 9.90. The Bertz CT molecular complexity index is 1100. The van der Waals surface area contributed by atoms with E-state index in [4.69, 9.17) is 5.73 Å². The molecular formula is C20H18N4O3S. The first kappa shape index (κ1) is 18.1. The number of aromatic nitrogens is 2. The molecule has 2 aromatic heterocycles. The third-order valence-corrected chi connectivity index (χ3v) is 5.67. The lowest BCUT2D eigenvalue weighted by Crippen LogP contribution is -2.34. The van der Waals surface area contributed by atoms with E-state index in [1.807, 2.05) is 30.3 Å². The van der Waals surface area contributed by atoms with Crippen molar-refractivity contribution in [3.63, 3.8) is 0 Å². The van der Waals surface area contributed by atoms with Gasteiger partial charge in [0.1, 0.15) is 16.3 Å². The number of H-pyrrole nitrogens is 1. The molecule has 0 saturated heterocycles. The van der Waals surface area contributed by atoms with Gasteiger partial charge in [0, 0.05) is 16.6 Å². The summed E-state index contributed by atoms with van der Waals surface area (Å²) in [6, 6.07) is 10.8. The van der Waals surface area contributed by atoms with E-state index in [9.17, 15) is 14.4 Å². The molecule has 1 atom stereocenters. The van der Waals surface area contributed by atoms with Gasteiger partial charge in [0.15, 0.2) is 0 Å². The standard InChI is InChI=1S/C20H18N4O3S/c21-17(25)13-9-12-14(22-18(13)26)7-4-8-15(12)23-19(27)16-10-28-20(24-16)11-5-2-1-3-6-11/h1-3,5-6,9-10,15H,4,7-8H2,(H2,21,25)(H,22,26)(H,23,27). The number of aromatic amines is 1. The fourth-order valence-electron chi connectivity index (χ4n) is 3.40. The Morgan fingerprint density at radius 3 is 2.79 bits per heavy atom. The Balaban J connectivity index is 1.58. The maximum atomic E-state index is 12.7. The zero-order valence-electron chi connectivity index (χ0n) is 14.9. The molecule has 1 aromatic carbocycles. The summed E-state index contributed by atoms with van der Waals surface area (Å²) in [7, 11) is 0. The largest absolute Gasteiger partial charge is 0.365 e. The second-order valence-electron chi connectivity index (χ2n) is 6.63. The van der Waals surface area contributed by atoms with E-state index >= 15 is 0 Å². The summed E-state index contributed by atoms with van der Waals surface area (Å²) in [4.78, 5) is 43.4. The molecule has 4 rings (SSSR count). The van der Waals surface area contributed by atoms with Crippen LogP contribution in [0.5, 0.6) is 0 Å². The normalized spacial score (nSPS) is 15.6. The lowest BCUT2D eigenvalue weighted by Gasteiger charge is -2.26. The van der Waals surface area contributed by atoms with Crippen LogP contribution in [0.4, 0.5) is 0 Å². The van der Waals surface area contributed by atoms with Crippen molar-refractivity contribution in [3.05, 3.63) is 74.6 Å². The van der Waals surface area contributed by atoms with Crippen molar-refractivity contribution >= 4 is 23.2 Å². The van der Waals surface area contributed by atoms with E-state index in [0.29, 0.717) is 18.5 Å². The number of hydrogen-bond donors (Lipinski definition) is 3. The molecular weight excluding hydrogens is 376 g/mol. The van der Waals surface area contributed by atoms with E-state index in [-0.39, 0.29) is 17.5 Å². The number of carbonyl (C=O) groups excluding carboxylic acids is 2. The first-order chi connectivity index (χ1) is 13.5. The SMILES string of the molecule is NC(=O)c1cc2c([nH]c1=O)CCCC2NC(=O)c1csc(-c2ccccc2)n1. The molecule has 0 radical (unpaired) electrons. The molecule has 4 N–H and O–H groups in total. The summed E-state index contributed by atoms with van der Waals surface area (Å²) >= 11 is 1.41. The predicted molar refractivity (Wildman–Crippen MR) is 106 cm³/mol. The van der Waals surface area contributed by atoms with Crippen LogP contribution >= 0.6 is 11.3 Å². The predicted octanol–water partition coefficient (Wildman–Crippen LogP) is 2.40. The molecule has 0 aliphatic heterocycles. The number of benzene rings is 1. The molecule has 3 aromatic rings. The molecule has 8 heteroatoms. The van der Waals surface area contributed by atoms with Gasteiger partial charge in [-0.25, -0.2) is 4.98 Å². The van der Waals surface area contributed by atoms with Gasteiger partial charge in [-0.1, -0.05) is 30.3 Å². The second kappa shape index (κ2) is 7.40. The van der Waals surface area contributed by atoms with Crippen LogP contribution in [0.15, 0.2) is 46.6 Å². The highest BCUT2D eigenvalue weighted by molar-refractivity contribution is 7.13. The van der Waals surface area contributed by atoms with E-state index in [0.717, 1.165) is 28.2 Å². The number of carbonyl (C=O) groups is 2. The summed E-state index contributed by atoms with van der Waals surface area (Å²) in [5.41, 5.74) is 7.46. The minimum atomic E-state index is -0.785. The van der Waals surface area contributed by atoms with Crippen LogP contribution in [-0.2, 0) is 6.42 Å². The molecule has 0 fully saturated rings. The molecule has 0 bridgehead atoms. The first-order valence-electron chi connectivity index (χ1n) is 8.90. The number of nitrogens with zero attached hydrogens (tertiary/aromatic N) is 1. The summed E-state index contributed by atoms with van der Waals surface area (Å²) in [5, 5.41) is 5.47. The highest BCUT2D eigenvalue weighted by Crippen LogP contribution is 2.29. The fraction of sp³-hybridized carbons (Fsp3) is 0.200. The zero-order chi connectivity index (χ0) is 19.7. The average molecular weight is 394 g/mol. The zero-order valence-corrected chi connectivity index (χ0v) is 15.7. The van der Waals surface area contributed by atoms with E-state index in [1.54, 1.807) is 5.38 Å². The van der Waals surface area contributed by atoms with Gasteiger partial charge in [-0.2, -0.15) is 0 Å². The van der Waals surface area contributed by atoms with E-state index in [2.05, 4.69) is 15.3 Å². The summed E-state index contributed by atoms with van der Waals surface area (Å²) in [6.07, 6.45) is 2.21. The Hall–Kier alpha value is -3.26. The summed E-state index contributed by atoms with van der Waals surface area (Å²) < 4.78 is 0. The van der Waals surface area contributed by atoms with Gasteiger partial charge >= 0.3 is 0 Å². The van der Waals surface area contributed by atoms with Crippen molar-refractivity contribution in [2.45, 2.75) is 25.3 Å². The van der Waals surface area contributed by atoms with E-state index < -0.39 is 11.5 Å². The Morgan fingerprint density at radius 1 is 1.25 bits per heavy atom. The highest BCUT2D eigenvalue weighted by Gasteiger charge is 2.26. The van der Waals surface area contributed by atoms with Gasteiger partial charge in [0.2, 0.25) is 0 Å². The van der Waals surface area contributed by atoms with E-state index in [1.165, 1.54) is 17.4 Å². The van der Waals surface area contributed by atoms with Crippen molar-refractivity contribution in [1.29, 1.82) is 0 Å². The molecule has 1 aliphatic rings. The number of primary amides is 1. The van der Waals surface area contributed by atoms with Gasteiger partial charge in [-0.05, 0) is 30.9 Å². The number of nitrogens with one attached hydrogen (secondary N) is 2. The Morgan fingerprint density at radius 2 is 2.04 bits per heavy atom. The second-order valence-corrected chi connectivity index (χ2v) is 7.49. The monoisotopic (exact) mass is 394 g/mol. The van der Waals surface area contributed by atoms with Crippen molar-refractivity contribution in [2.75, 3.05) is 0 Å². The van der Waals surface area contributed by atoms with Crippen LogP contribution in [0.3, 0.4) is 0 Å².